The van der Waals surface area contributed by atoms with E-state index >= 15 is 0 Å². The number of unbranched alkanes of at least 4 members (excludes halogenated alkanes) is 2. The van der Waals surface area contributed by atoms with Crippen LogP contribution in [0.1, 0.15) is 72.1 Å². The largest absolute Gasteiger partial charge is 0.379 e. The average molecular weight is 508 g/mol. The van der Waals surface area contributed by atoms with Crippen LogP contribution in [0.3, 0.4) is 0 Å². The van der Waals surface area contributed by atoms with Gasteiger partial charge in [0.25, 0.3) is 11.8 Å². The minimum Gasteiger partial charge on any atom is -0.379 e. The van der Waals surface area contributed by atoms with E-state index in [1.54, 1.807) is 24.3 Å². The van der Waals surface area contributed by atoms with Gasteiger partial charge in [0.2, 0.25) is 10.0 Å². The number of benzene rings is 1. The van der Waals surface area contributed by atoms with Gasteiger partial charge in [-0.2, -0.15) is 0 Å². The summed E-state index contributed by atoms with van der Waals surface area (Å²) in [6.07, 6.45) is 6.47. The van der Waals surface area contributed by atoms with Crippen LogP contribution in [0.5, 0.6) is 0 Å². The fourth-order valence-electron chi connectivity index (χ4n) is 5.05. The lowest BCUT2D eigenvalue weighted by molar-refractivity contribution is -0.126. The van der Waals surface area contributed by atoms with Crippen LogP contribution in [-0.2, 0) is 19.6 Å². The summed E-state index contributed by atoms with van der Waals surface area (Å²) in [6, 6.07) is 6.73. The number of hydrogen-bond acceptors (Lipinski definition) is 7. The van der Waals surface area contributed by atoms with Gasteiger partial charge in [0.1, 0.15) is 0 Å². The van der Waals surface area contributed by atoms with E-state index in [0.29, 0.717) is 63.3 Å². The lowest BCUT2D eigenvalue weighted by atomic mass is 9.96. The second-order valence-electron chi connectivity index (χ2n) is 9.52. The number of rotatable bonds is 12. The normalized spacial score (nSPS) is 20.1. The second kappa shape index (κ2) is 12.4. The summed E-state index contributed by atoms with van der Waals surface area (Å²) in [7, 11) is -3.57. The lowest BCUT2D eigenvalue weighted by Gasteiger charge is -2.33. The Morgan fingerprint density at radius 1 is 0.914 bits per heavy atom. The second-order valence-corrected chi connectivity index (χ2v) is 11.5. The number of imide groups is 1. The number of morpholine rings is 1. The Morgan fingerprint density at radius 3 is 2.23 bits per heavy atom. The fourth-order valence-corrected chi connectivity index (χ4v) is 6.70. The Kier molecular flexibility index (Phi) is 9.29. The Bertz CT molecular complexity index is 938. The number of carbonyl (C=O) groups is 2. The first kappa shape index (κ1) is 26.2. The maximum absolute atomic E-state index is 13.2. The minimum absolute atomic E-state index is 0.00315. The molecule has 2 amide bonds. The van der Waals surface area contributed by atoms with Gasteiger partial charge in [0.05, 0.1) is 42.7 Å². The number of hydroxylamine groups is 1. The molecule has 10 heteroatoms. The van der Waals surface area contributed by atoms with Crippen molar-refractivity contribution < 1.29 is 27.6 Å². The van der Waals surface area contributed by atoms with E-state index in [2.05, 4.69) is 4.90 Å². The number of sulfonamides is 1. The van der Waals surface area contributed by atoms with Crippen LogP contribution in [0.15, 0.2) is 24.3 Å². The van der Waals surface area contributed by atoms with Crippen LogP contribution in [0.2, 0.25) is 0 Å². The first-order valence-corrected chi connectivity index (χ1v) is 14.5. The van der Waals surface area contributed by atoms with Gasteiger partial charge in [-0.3, -0.25) is 24.2 Å². The standard InChI is InChI=1S/C25H37N3O6S/c29-24-22-11-5-6-12-23(22)25(30)27(24)13-7-2-8-20-35(31,32)28(21-9-3-1-4-10-21)34-19-16-26-14-17-33-18-15-26/h5-6,11-12,21H,1-4,7-10,13-20H2. The average Bonchev–Trinajstić information content (AvgIpc) is 3.12. The molecule has 1 saturated carbocycles. The molecule has 4 rings (SSSR count). The molecule has 1 aliphatic carbocycles. The highest BCUT2D eigenvalue weighted by Gasteiger charge is 2.35. The molecule has 0 spiro atoms. The maximum atomic E-state index is 13.2. The maximum Gasteiger partial charge on any atom is 0.261 e. The highest BCUT2D eigenvalue weighted by Crippen LogP contribution is 2.26. The highest BCUT2D eigenvalue weighted by atomic mass is 32.2. The summed E-state index contributed by atoms with van der Waals surface area (Å²) in [5.41, 5.74) is 0.884. The molecule has 0 aromatic heterocycles. The van der Waals surface area contributed by atoms with Crippen molar-refractivity contribution in [3.8, 4) is 0 Å². The number of fused-ring (bicyclic) bond motifs is 1. The van der Waals surface area contributed by atoms with Crippen molar-refractivity contribution in [1.82, 2.24) is 14.3 Å². The molecule has 0 unspecified atom stereocenters. The Labute approximate surface area is 208 Å². The van der Waals surface area contributed by atoms with Crippen molar-refractivity contribution in [2.75, 3.05) is 51.8 Å². The molecule has 35 heavy (non-hydrogen) atoms. The fraction of sp³-hybridized carbons (Fsp3) is 0.680. The molecule has 0 N–H and O–H groups in total. The predicted molar refractivity (Wildman–Crippen MR) is 131 cm³/mol. The SMILES string of the molecule is O=C1c2ccccc2C(=O)N1CCCCCS(=O)(=O)N(OCCN1CCOCC1)C1CCCCC1. The van der Waals surface area contributed by atoms with E-state index in [4.69, 9.17) is 9.57 Å². The Morgan fingerprint density at radius 2 is 1.57 bits per heavy atom. The van der Waals surface area contributed by atoms with E-state index in [1.807, 2.05) is 0 Å². The molecular formula is C25H37N3O6S. The molecule has 3 aliphatic rings. The smallest absolute Gasteiger partial charge is 0.261 e. The minimum atomic E-state index is -3.57. The van der Waals surface area contributed by atoms with E-state index in [0.717, 1.165) is 45.2 Å². The van der Waals surface area contributed by atoms with Crippen LogP contribution in [0, 0.1) is 0 Å². The topological polar surface area (TPSA) is 96.5 Å². The number of hydrogen-bond donors (Lipinski definition) is 0. The summed E-state index contributed by atoms with van der Waals surface area (Å²) in [5.74, 6) is -0.533. The summed E-state index contributed by atoms with van der Waals surface area (Å²) >= 11 is 0. The number of nitrogens with zero attached hydrogens (tertiary/aromatic N) is 3. The van der Waals surface area contributed by atoms with Gasteiger partial charge in [0, 0.05) is 26.2 Å². The summed E-state index contributed by atoms with van der Waals surface area (Å²) < 4.78 is 33.1. The quantitative estimate of drug-likeness (QED) is 0.244. The monoisotopic (exact) mass is 507 g/mol. The van der Waals surface area contributed by atoms with Crippen molar-refractivity contribution in [3.63, 3.8) is 0 Å². The van der Waals surface area contributed by atoms with Crippen molar-refractivity contribution in [3.05, 3.63) is 35.4 Å². The summed E-state index contributed by atoms with van der Waals surface area (Å²) in [6.45, 7) is 4.41. The zero-order chi connectivity index (χ0) is 24.7. The van der Waals surface area contributed by atoms with Crippen LogP contribution in [0.4, 0.5) is 0 Å². The predicted octanol–water partition coefficient (Wildman–Crippen LogP) is 2.68. The molecule has 2 heterocycles. The van der Waals surface area contributed by atoms with Crippen molar-refractivity contribution in [2.45, 2.75) is 57.4 Å². The zero-order valence-corrected chi connectivity index (χ0v) is 21.2. The molecule has 0 radical (unpaired) electrons. The Hall–Kier alpha value is -1.85. The molecule has 1 aromatic carbocycles. The molecule has 0 atom stereocenters. The third-order valence-electron chi connectivity index (χ3n) is 7.04. The van der Waals surface area contributed by atoms with Crippen LogP contribution < -0.4 is 0 Å². The van der Waals surface area contributed by atoms with Gasteiger partial charge >= 0.3 is 0 Å². The highest BCUT2D eigenvalue weighted by molar-refractivity contribution is 7.88. The van der Waals surface area contributed by atoms with Crippen LogP contribution in [0.25, 0.3) is 0 Å². The lowest BCUT2D eigenvalue weighted by Crippen LogP contribution is -2.45. The summed E-state index contributed by atoms with van der Waals surface area (Å²) in [4.78, 5) is 34.4. The number of ether oxygens (including phenoxy) is 1. The van der Waals surface area contributed by atoms with Crippen LogP contribution in [-0.4, -0.2) is 92.3 Å². The molecule has 1 saturated heterocycles. The third-order valence-corrected chi connectivity index (χ3v) is 8.80. The molecule has 194 valence electrons. The molecule has 0 bridgehead atoms. The van der Waals surface area contributed by atoms with Crippen molar-refractivity contribution in [2.24, 2.45) is 0 Å². The molecule has 9 nitrogen and oxygen atoms in total. The third kappa shape index (κ3) is 6.68. The first-order valence-electron chi connectivity index (χ1n) is 12.9. The van der Waals surface area contributed by atoms with Gasteiger partial charge in [0.15, 0.2) is 0 Å². The Balaban J connectivity index is 1.24. The van der Waals surface area contributed by atoms with E-state index in [9.17, 15) is 18.0 Å². The van der Waals surface area contributed by atoms with E-state index in [-0.39, 0.29) is 23.6 Å². The molecule has 2 fully saturated rings. The first-order chi connectivity index (χ1) is 17.0. The molecular weight excluding hydrogens is 470 g/mol. The zero-order valence-electron chi connectivity index (χ0n) is 20.4. The van der Waals surface area contributed by atoms with E-state index in [1.165, 1.54) is 9.37 Å². The van der Waals surface area contributed by atoms with Crippen molar-refractivity contribution in [1.29, 1.82) is 0 Å². The summed E-state index contributed by atoms with van der Waals surface area (Å²) in [5, 5.41) is 0. The molecule has 1 aromatic rings. The van der Waals surface area contributed by atoms with E-state index < -0.39 is 10.0 Å². The van der Waals surface area contributed by atoms with Crippen molar-refractivity contribution >= 4 is 21.8 Å². The number of carbonyl (C=O) groups excluding carboxylic acids is 2. The molecule has 2 aliphatic heterocycles. The van der Waals surface area contributed by atoms with Crippen LogP contribution >= 0.6 is 0 Å². The van der Waals surface area contributed by atoms with Gasteiger partial charge in [-0.25, -0.2) is 8.42 Å². The van der Waals surface area contributed by atoms with Gasteiger partial charge < -0.3 is 4.74 Å². The van der Waals surface area contributed by atoms with Gasteiger partial charge in [-0.1, -0.05) is 42.3 Å². The number of amides is 2. The van der Waals surface area contributed by atoms with Gasteiger partial charge in [-0.15, -0.1) is 0 Å². The van der Waals surface area contributed by atoms with Gasteiger partial charge in [-0.05, 0) is 37.8 Å².